The Morgan fingerprint density at radius 1 is 1.17 bits per heavy atom. The van der Waals surface area contributed by atoms with Crippen molar-refractivity contribution in [2.24, 2.45) is 0 Å². The lowest BCUT2D eigenvalue weighted by Crippen LogP contribution is -2.47. The number of amides is 3. The van der Waals surface area contributed by atoms with Gasteiger partial charge in [0.2, 0.25) is 0 Å². The first kappa shape index (κ1) is 21.2. The molecule has 1 aromatic carbocycles. The molecule has 0 unspecified atom stereocenters. The Balaban J connectivity index is 1.42. The van der Waals surface area contributed by atoms with Crippen molar-refractivity contribution >= 4 is 29.7 Å². The Hall–Kier alpha value is -3.55. The van der Waals surface area contributed by atoms with E-state index in [1.807, 2.05) is 0 Å². The molecule has 0 spiro atoms. The average Bonchev–Trinajstić information content (AvgIpc) is 3.28. The zero-order valence-electron chi connectivity index (χ0n) is 16.8. The predicted octanol–water partition coefficient (Wildman–Crippen LogP) is 3.28. The molecule has 2 heterocycles. The molecule has 8 nitrogen and oxygen atoms in total. The highest BCUT2D eigenvalue weighted by atomic mass is 16.5. The molecular weight excluding hydrogens is 386 g/mol. The van der Waals surface area contributed by atoms with Crippen LogP contribution in [-0.4, -0.2) is 48.5 Å². The van der Waals surface area contributed by atoms with Crippen molar-refractivity contribution in [3.05, 3.63) is 60.1 Å². The van der Waals surface area contributed by atoms with Crippen molar-refractivity contribution in [2.45, 2.75) is 25.8 Å². The molecule has 30 heavy (non-hydrogen) atoms. The van der Waals surface area contributed by atoms with Gasteiger partial charge >= 0.3 is 12.0 Å². The van der Waals surface area contributed by atoms with Crippen LogP contribution < -0.4 is 10.6 Å². The SMILES string of the molecule is CCOC(=O)/C=C\c1ccc(NC(=O)NC2CCN(C(=O)c3ccco3)CC2)cc1. The fourth-order valence-corrected chi connectivity index (χ4v) is 3.17. The third-order valence-corrected chi connectivity index (χ3v) is 4.72. The normalized spacial score (nSPS) is 14.5. The zero-order valence-corrected chi connectivity index (χ0v) is 16.8. The highest BCUT2D eigenvalue weighted by Gasteiger charge is 2.25. The van der Waals surface area contributed by atoms with Gasteiger partial charge in [-0.3, -0.25) is 4.79 Å². The molecule has 1 saturated heterocycles. The quantitative estimate of drug-likeness (QED) is 0.561. The summed E-state index contributed by atoms with van der Waals surface area (Å²) in [6, 6.07) is 10.2. The number of urea groups is 1. The Morgan fingerprint density at radius 2 is 1.90 bits per heavy atom. The Bertz CT molecular complexity index is 882. The number of hydrogen-bond acceptors (Lipinski definition) is 5. The largest absolute Gasteiger partial charge is 0.463 e. The molecule has 0 atom stereocenters. The van der Waals surface area contributed by atoms with Gasteiger partial charge in [0.1, 0.15) is 0 Å². The van der Waals surface area contributed by atoms with E-state index in [4.69, 9.17) is 9.15 Å². The lowest BCUT2D eigenvalue weighted by molar-refractivity contribution is -0.137. The van der Waals surface area contributed by atoms with E-state index in [1.165, 1.54) is 12.3 Å². The van der Waals surface area contributed by atoms with Crippen molar-refractivity contribution in [1.82, 2.24) is 10.2 Å². The van der Waals surface area contributed by atoms with Crippen LogP contribution in [0.5, 0.6) is 0 Å². The van der Waals surface area contributed by atoms with Crippen LogP contribution >= 0.6 is 0 Å². The maximum absolute atomic E-state index is 12.3. The number of hydrogen-bond donors (Lipinski definition) is 2. The van der Waals surface area contributed by atoms with Crippen LogP contribution in [0.15, 0.2) is 53.2 Å². The van der Waals surface area contributed by atoms with Crippen LogP contribution in [0.1, 0.15) is 35.9 Å². The molecule has 2 N–H and O–H groups in total. The van der Waals surface area contributed by atoms with Crippen LogP contribution in [0, 0.1) is 0 Å². The molecule has 3 rings (SSSR count). The Morgan fingerprint density at radius 3 is 2.53 bits per heavy atom. The fraction of sp³-hybridized carbons (Fsp3) is 0.318. The number of benzene rings is 1. The van der Waals surface area contributed by atoms with E-state index in [2.05, 4.69) is 10.6 Å². The average molecular weight is 411 g/mol. The highest BCUT2D eigenvalue weighted by molar-refractivity contribution is 5.92. The minimum absolute atomic E-state index is 0.00237. The van der Waals surface area contributed by atoms with Crippen molar-refractivity contribution in [3.63, 3.8) is 0 Å². The predicted molar refractivity (Wildman–Crippen MR) is 112 cm³/mol. The van der Waals surface area contributed by atoms with E-state index < -0.39 is 5.97 Å². The van der Waals surface area contributed by atoms with E-state index in [0.717, 1.165) is 5.56 Å². The lowest BCUT2D eigenvalue weighted by atomic mass is 10.0. The third kappa shape index (κ3) is 5.97. The van der Waals surface area contributed by atoms with Crippen molar-refractivity contribution in [3.8, 4) is 0 Å². The molecule has 3 amide bonds. The summed E-state index contributed by atoms with van der Waals surface area (Å²) in [5.74, 6) is -0.185. The van der Waals surface area contributed by atoms with Gasteiger partial charge in [0, 0.05) is 30.9 Å². The van der Waals surface area contributed by atoms with Gasteiger partial charge in [-0.2, -0.15) is 0 Å². The summed E-state index contributed by atoms with van der Waals surface area (Å²) in [5.41, 5.74) is 1.47. The molecule has 158 valence electrons. The number of nitrogens with zero attached hydrogens (tertiary/aromatic N) is 1. The van der Waals surface area contributed by atoms with Gasteiger partial charge in [0.25, 0.3) is 5.91 Å². The van der Waals surface area contributed by atoms with E-state index in [-0.39, 0.29) is 18.0 Å². The van der Waals surface area contributed by atoms with Crippen LogP contribution in [-0.2, 0) is 9.53 Å². The summed E-state index contributed by atoms with van der Waals surface area (Å²) in [6.07, 6.45) is 5.85. The van der Waals surface area contributed by atoms with Gasteiger partial charge in [0.05, 0.1) is 12.9 Å². The molecule has 0 bridgehead atoms. The van der Waals surface area contributed by atoms with Gasteiger partial charge in [-0.15, -0.1) is 0 Å². The fourth-order valence-electron chi connectivity index (χ4n) is 3.17. The summed E-state index contributed by atoms with van der Waals surface area (Å²) in [4.78, 5) is 37.6. The molecular formula is C22H25N3O5. The number of piperidine rings is 1. The summed E-state index contributed by atoms with van der Waals surface area (Å²) >= 11 is 0. The Labute approximate surface area is 174 Å². The number of esters is 1. The van der Waals surface area contributed by atoms with Crippen LogP contribution in [0.4, 0.5) is 10.5 Å². The maximum Gasteiger partial charge on any atom is 0.330 e. The summed E-state index contributed by atoms with van der Waals surface area (Å²) < 4.78 is 9.99. The van der Waals surface area contributed by atoms with Crippen molar-refractivity contribution < 1.29 is 23.5 Å². The first-order valence-electron chi connectivity index (χ1n) is 9.90. The van der Waals surface area contributed by atoms with Crippen LogP contribution in [0.25, 0.3) is 6.08 Å². The number of nitrogens with one attached hydrogen (secondary N) is 2. The summed E-state index contributed by atoms with van der Waals surface area (Å²) in [5, 5.41) is 5.74. The molecule has 1 aliphatic rings. The molecule has 1 aromatic heterocycles. The first-order chi connectivity index (χ1) is 14.5. The number of likely N-dealkylation sites (tertiary alicyclic amines) is 1. The summed E-state index contributed by atoms with van der Waals surface area (Å²) in [6.45, 7) is 3.21. The topological polar surface area (TPSA) is 101 Å². The maximum atomic E-state index is 12.3. The van der Waals surface area contributed by atoms with E-state index in [0.29, 0.717) is 44.0 Å². The first-order valence-corrected chi connectivity index (χ1v) is 9.90. The Kier molecular flexibility index (Phi) is 7.26. The molecule has 8 heteroatoms. The number of carbonyl (C=O) groups is 3. The molecule has 1 aliphatic heterocycles. The summed E-state index contributed by atoms with van der Waals surface area (Å²) in [7, 11) is 0. The highest BCUT2D eigenvalue weighted by Crippen LogP contribution is 2.15. The molecule has 0 aliphatic carbocycles. The van der Waals surface area contributed by atoms with Gasteiger partial charge in [0.15, 0.2) is 5.76 Å². The second-order valence-electron chi connectivity index (χ2n) is 6.85. The zero-order chi connectivity index (χ0) is 21.3. The minimum Gasteiger partial charge on any atom is -0.463 e. The van der Waals surface area contributed by atoms with Crippen molar-refractivity contribution in [2.75, 3.05) is 25.0 Å². The molecule has 2 aromatic rings. The van der Waals surface area contributed by atoms with Crippen LogP contribution in [0.2, 0.25) is 0 Å². The van der Waals surface area contributed by atoms with Crippen molar-refractivity contribution in [1.29, 1.82) is 0 Å². The van der Waals surface area contributed by atoms with Gasteiger partial charge in [-0.1, -0.05) is 12.1 Å². The molecule has 1 fully saturated rings. The second-order valence-corrected chi connectivity index (χ2v) is 6.85. The standard InChI is InChI=1S/C22H25N3O5/c1-2-29-20(26)10-7-16-5-8-17(9-6-16)23-22(28)24-18-11-13-25(14-12-18)21(27)19-4-3-15-30-19/h3-10,15,18H,2,11-14H2,1H3,(H2,23,24,28)/b10-7-. The van der Waals surface area contributed by atoms with E-state index in [1.54, 1.807) is 54.3 Å². The van der Waals surface area contributed by atoms with Gasteiger partial charge in [-0.25, -0.2) is 9.59 Å². The monoisotopic (exact) mass is 411 g/mol. The van der Waals surface area contributed by atoms with Gasteiger partial charge in [-0.05, 0) is 55.7 Å². The van der Waals surface area contributed by atoms with Gasteiger partial charge < -0.3 is 24.7 Å². The number of carbonyl (C=O) groups excluding carboxylic acids is 3. The number of anilines is 1. The second kappa shape index (κ2) is 10.3. The number of furan rings is 1. The third-order valence-electron chi connectivity index (χ3n) is 4.72. The lowest BCUT2D eigenvalue weighted by Gasteiger charge is -2.31. The van der Waals surface area contributed by atoms with E-state index in [9.17, 15) is 14.4 Å². The molecule has 0 radical (unpaired) electrons. The number of rotatable bonds is 6. The number of ether oxygens (including phenoxy) is 1. The van der Waals surface area contributed by atoms with Crippen LogP contribution in [0.3, 0.4) is 0 Å². The smallest absolute Gasteiger partial charge is 0.330 e. The molecule has 0 saturated carbocycles. The minimum atomic E-state index is -0.393. The van der Waals surface area contributed by atoms with E-state index >= 15 is 0 Å².